The molecule has 0 bridgehead atoms. The van der Waals surface area contributed by atoms with Gasteiger partial charge >= 0.3 is 0 Å². The second-order valence-corrected chi connectivity index (χ2v) is 9.43. The summed E-state index contributed by atoms with van der Waals surface area (Å²) in [5.41, 5.74) is 0.811. The van der Waals surface area contributed by atoms with Gasteiger partial charge in [-0.1, -0.05) is 11.8 Å². The van der Waals surface area contributed by atoms with Crippen LogP contribution in [-0.4, -0.2) is 57.9 Å². The molecular weight excluding hydrogens is 404 g/mol. The number of ether oxygens (including phenoxy) is 1. The minimum Gasteiger partial charge on any atom is -0.378 e. The van der Waals surface area contributed by atoms with Gasteiger partial charge in [0.2, 0.25) is 0 Å². The van der Waals surface area contributed by atoms with E-state index in [9.17, 15) is 5.11 Å². The summed E-state index contributed by atoms with van der Waals surface area (Å²) in [7, 11) is 0. The Balaban J connectivity index is 1.51. The van der Waals surface area contributed by atoms with Crippen molar-refractivity contribution in [3.05, 3.63) is 29.5 Å². The number of pyridine rings is 1. The molecule has 0 aromatic carbocycles. The number of nitrogens with one attached hydrogen (secondary N) is 3. The quantitative estimate of drug-likeness (QED) is 0.435. The Kier molecular flexibility index (Phi) is 5.39. The minimum atomic E-state index is -0.959. The number of hydrogen-bond donors (Lipinski definition) is 4. The Bertz CT molecular complexity index is 1040. The molecule has 1 atom stereocenters. The maximum atomic E-state index is 11.1. The summed E-state index contributed by atoms with van der Waals surface area (Å²) >= 11 is 0. The summed E-state index contributed by atoms with van der Waals surface area (Å²) in [6, 6.07) is 3.92. The highest BCUT2D eigenvalue weighted by molar-refractivity contribution is 5.90. The predicted molar refractivity (Wildman–Crippen MR) is 124 cm³/mol. The molecule has 2 aromatic rings. The van der Waals surface area contributed by atoms with Crippen molar-refractivity contribution in [3.8, 4) is 11.8 Å². The third-order valence-electron chi connectivity index (χ3n) is 7.13. The Morgan fingerprint density at radius 3 is 2.75 bits per heavy atom. The lowest BCUT2D eigenvalue weighted by Crippen LogP contribution is -2.44. The SMILES string of the molecule is C[C@@H]1COCCN1c1cc(C#CC2(O)CCC3(CC2)CC3)c(C=N)c(Nc2ccn[nH]2)n1. The van der Waals surface area contributed by atoms with Crippen LogP contribution in [0.1, 0.15) is 56.6 Å². The molecule has 3 heterocycles. The first-order valence-electron chi connectivity index (χ1n) is 11.4. The van der Waals surface area contributed by atoms with Crippen molar-refractivity contribution in [2.75, 3.05) is 30.0 Å². The van der Waals surface area contributed by atoms with Gasteiger partial charge in [-0.3, -0.25) is 5.10 Å². The van der Waals surface area contributed by atoms with Gasteiger partial charge in [0.1, 0.15) is 23.1 Å². The molecule has 2 aliphatic carbocycles. The van der Waals surface area contributed by atoms with Crippen LogP contribution in [0.2, 0.25) is 0 Å². The lowest BCUT2D eigenvalue weighted by atomic mass is 9.77. The molecule has 1 spiro atoms. The number of aromatic amines is 1. The number of H-pyrrole nitrogens is 1. The van der Waals surface area contributed by atoms with E-state index in [0.717, 1.165) is 38.0 Å². The van der Waals surface area contributed by atoms with Crippen LogP contribution in [0.25, 0.3) is 0 Å². The first-order valence-corrected chi connectivity index (χ1v) is 11.4. The van der Waals surface area contributed by atoms with E-state index in [1.807, 2.05) is 12.1 Å². The first-order chi connectivity index (χ1) is 15.5. The Morgan fingerprint density at radius 1 is 1.31 bits per heavy atom. The second-order valence-electron chi connectivity index (χ2n) is 9.43. The number of hydrogen-bond acceptors (Lipinski definition) is 7. The van der Waals surface area contributed by atoms with E-state index >= 15 is 0 Å². The first kappa shape index (κ1) is 21.0. The summed E-state index contributed by atoms with van der Waals surface area (Å²) in [5.74, 6) is 8.40. The maximum Gasteiger partial charge on any atom is 0.144 e. The molecule has 8 heteroatoms. The fraction of sp³-hybridized carbons (Fsp3) is 0.542. The average Bonchev–Trinajstić information content (AvgIpc) is 3.37. The van der Waals surface area contributed by atoms with Crippen molar-refractivity contribution in [1.82, 2.24) is 15.2 Å². The summed E-state index contributed by atoms with van der Waals surface area (Å²) in [6.45, 7) is 4.13. The monoisotopic (exact) mass is 434 g/mol. The highest BCUT2D eigenvalue weighted by atomic mass is 16.5. The van der Waals surface area contributed by atoms with Crippen LogP contribution in [0.5, 0.6) is 0 Å². The molecule has 2 saturated carbocycles. The van der Waals surface area contributed by atoms with Gasteiger partial charge < -0.3 is 25.5 Å². The lowest BCUT2D eigenvalue weighted by Gasteiger charge is -2.34. The molecule has 0 amide bonds. The van der Waals surface area contributed by atoms with Crippen LogP contribution < -0.4 is 10.2 Å². The summed E-state index contributed by atoms with van der Waals surface area (Å²) in [4.78, 5) is 7.02. The molecule has 3 fully saturated rings. The largest absolute Gasteiger partial charge is 0.378 e. The van der Waals surface area contributed by atoms with Crippen molar-refractivity contribution >= 4 is 23.7 Å². The van der Waals surface area contributed by atoms with Crippen LogP contribution >= 0.6 is 0 Å². The number of nitrogens with zero attached hydrogens (tertiary/aromatic N) is 3. The lowest BCUT2D eigenvalue weighted by molar-refractivity contribution is 0.0390. The van der Waals surface area contributed by atoms with E-state index in [2.05, 4.69) is 39.2 Å². The molecule has 8 nitrogen and oxygen atoms in total. The third kappa shape index (κ3) is 4.23. The number of anilines is 3. The summed E-state index contributed by atoms with van der Waals surface area (Å²) in [6.07, 6.45) is 9.06. The van der Waals surface area contributed by atoms with E-state index in [4.69, 9.17) is 15.1 Å². The third-order valence-corrected chi connectivity index (χ3v) is 7.13. The van der Waals surface area contributed by atoms with Gasteiger partial charge in [0.05, 0.1) is 31.0 Å². The Hall–Kier alpha value is -2.89. The smallest absolute Gasteiger partial charge is 0.144 e. The van der Waals surface area contributed by atoms with Crippen molar-refractivity contribution in [2.45, 2.75) is 57.1 Å². The zero-order valence-corrected chi connectivity index (χ0v) is 18.4. The van der Waals surface area contributed by atoms with Crippen LogP contribution in [0.3, 0.4) is 0 Å². The van der Waals surface area contributed by atoms with Crippen molar-refractivity contribution < 1.29 is 9.84 Å². The number of morpholine rings is 1. The highest BCUT2D eigenvalue weighted by Gasteiger charge is 2.48. The normalized spacial score (nSPS) is 23.3. The molecule has 3 aliphatic rings. The van der Waals surface area contributed by atoms with Gasteiger partial charge in [-0.2, -0.15) is 5.10 Å². The predicted octanol–water partition coefficient (Wildman–Crippen LogP) is 3.21. The molecule has 1 aliphatic heterocycles. The van der Waals surface area contributed by atoms with Gasteiger partial charge in [-0.05, 0) is 56.9 Å². The maximum absolute atomic E-state index is 11.1. The average molecular weight is 435 g/mol. The van der Waals surface area contributed by atoms with E-state index in [1.54, 1.807) is 6.20 Å². The number of rotatable bonds is 4. The minimum absolute atomic E-state index is 0.181. The van der Waals surface area contributed by atoms with E-state index < -0.39 is 5.60 Å². The molecule has 2 aromatic heterocycles. The zero-order chi connectivity index (χ0) is 22.2. The van der Waals surface area contributed by atoms with Crippen LogP contribution in [-0.2, 0) is 4.74 Å². The number of aliphatic hydroxyl groups is 1. The van der Waals surface area contributed by atoms with Crippen molar-refractivity contribution in [2.24, 2.45) is 5.41 Å². The van der Waals surface area contributed by atoms with E-state index in [0.29, 0.717) is 41.4 Å². The van der Waals surface area contributed by atoms with E-state index in [1.165, 1.54) is 19.1 Å². The fourth-order valence-electron chi connectivity index (χ4n) is 4.73. The van der Waals surface area contributed by atoms with Gasteiger partial charge in [-0.25, -0.2) is 4.98 Å². The van der Waals surface area contributed by atoms with Crippen LogP contribution in [0.4, 0.5) is 17.5 Å². The molecule has 0 unspecified atom stereocenters. The zero-order valence-electron chi connectivity index (χ0n) is 18.4. The molecule has 4 N–H and O–H groups in total. The van der Waals surface area contributed by atoms with Gasteiger partial charge in [0, 0.05) is 24.4 Å². The second kappa shape index (κ2) is 8.23. The standard InChI is InChI=1S/C24H30N6O2/c1-17-16-32-13-12-30(17)21-14-18(2-4-24(31)9-7-23(5-6-23)8-10-24)19(15-25)22(28-21)27-20-3-11-26-29-20/h3,11,14-15,17,25,31H,5-10,12-13,16H2,1H3,(H2,26,27,28,29)/t17-/m1/s1. The van der Waals surface area contributed by atoms with E-state index in [-0.39, 0.29) is 6.04 Å². The van der Waals surface area contributed by atoms with Crippen LogP contribution in [0, 0.1) is 22.7 Å². The summed E-state index contributed by atoms with van der Waals surface area (Å²) < 4.78 is 5.59. The van der Waals surface area contributed by atoms with Crippen LogP contribution in [0.15, 0.2) is 18.3 Å². The van der Waals surface area contributed by atoms with Gasteiger partial charge in [-0.15, -0.1) is 0 Å². The Labute approximate surface area is 188 Å². The molecule has 168 valence electrons. The molecule has 0 radical (unpaired) electrons. The molecule has 5 rings (SSSR count). The topological polar surface area (TPSA) is 110 Å². The fourth-order valence-corrected chi connectivity index (χ4v) is 4.73. The van der Waals surface area contributed by atoms with Gasteiger partial charge in [0.15, 0.2) is 0 Å². The van der Waals surface area contributed by atoms with Gasteiger partial charge in [0.25, 0.3) is 0 Å². The Morgan fingerprint density at radius 2 is 2.09 bits per heavy atom. The van der Waals surface area contributed by atoms with Crippen molar-refractivity contribution in [3.63, 3.8) is 0 Å². The van der Waals surface area contributed by atoms with Crippen molar-refractivity contribution in [1.29, 1.82) is 5.41 Å². The molecule has 1 saturated heterocycles. The number of aromatic nitrogens is 3. The highest BCUT2D eigenvalue weighted by Crippen LogP contribution is 2.57. The molecular formula is C24H30N6O2. The summed E-state index contributed by atoms with van der Waals surface area (Å²) in [5, 5.41) is 29.2. The molecule has 32 heavy (non-hydrogen) atoms.